The fourth-order valence-electron chi connectivity index (χ4n) is 3.78. The molecule has 1 saturated carbocycles. The Morgan fingerprint density at radius 2 is 1.77 bits per heavy atom. The van der Waals surface area contributed by atoms with Crippen molar-refractivity contribution in [3.63, 3.8) is 0 Å². The van der Waals surface area contributed by atoms with Gasteiger partial charge in [0, 0.05) is 11.4 Å². The third kappa shape index (κ3) is 7.86. The molecule has 9 nitrogen and oxygen atoms in total. The molecule has 1 aromatic rings. The number of rotatable bonds is 11. The molecular formula is C28H33F2N3O6. The van der Waals surface area contributed by atoms with Crippen LogP contribution < -0.4 is 16.4 Å². The molecule has 1 aliphatic carbocycles. The smallest absolute Gasteiger partial charge is 0.412 e. The molecule has 0 saturated heterocycles. The quantitative estimate of drug-likeness (QED) is 0.238. The monoisotopic (exact) mass is 545 g/mol. The fraction of sp³-hybridized carbons (Fsp3) is 0.357. The number of benzene rings is 1. The van der Waals surface area contributed by atoms with Gasteiger partial charge in [-0.1, -0.05) is 43.3 Å². The van der Waals surface area contributed by atoms with Gasteiger partial charge >= 0.3 is 12.1 Å². The van der Waals surface area contributed by atoms with E-state index in [-0.39, 0.29) is 22.7 Å². The van der Waals surface area contributed by atoms with Crippen LogP contribution in [0, 0.1) is 18.8 Å². The molecule has 0 bridgehead atoms. The van der Waals surface area contributed by atoms with E-state index in [1.54, 1.807) is 13.0 Å². The Bertz CT molecular complexity index is 1260. The number of nitrogens with two attached hydrogens (primary N) is 1. The lowest BCUT2D eigenvalue weighted by molar-refractivity contribution is -0.141. The Hall–Kier alpha value is -4.28. The van der Waals surface area contributed by atoms with Gasteiger partial charge < -0.3 is 20.9 Å². The van der Waals surface area contributed by atoms with Crippen molar-refractivity contribution in [2.45, 2.75) is 53.1 Å². The average Bonchev–Trinajstić information content (AvgIpc) is 3.45. The largest absolute Gasteiger partial charge is 0.481 e. The van der Waals surface area contributed by atoms with Crippen molar-refractivity contribution in [3.05, 3.63) is 82.4 Å². The van der Waals surface area contributed by atoms with E-state index in [0.29, 0.717) is 6.42 Å². The number of hydrogen-bond donors (Lipinski definition) is 4. The Balaban J connectivity index is 2.17. The second-order valence-electron chi connectivity index (χ2n) is 9.16. The molecule has 11 heteroatoms. The number of carbonyl (C=O) groups excluding carboxylic acids is 3. The fourth-order valence-corrected chi connectivity index (χ4v) is 3.78. The lowest BCUT2D eigenvalue weighted by atomic mass is 10.0. The van der Waals surface area contributed by atoms with Gasteiger partial charge in [-0.2, -0.15) is 0 Å². The molecule has 5 N–H and O–H groups in total. The molecule has 3 atom stereocenters. The van der Waals surface area contributed by atoms with Crippen molar-refractivity contribution >= 4 is 23.8 Å². The molecule has 1 aromatic carbocycles. The molecule has 39 heavy (non-hydrogen) atoms. The Kier molecular flexibility index (Phi) is 10.3. The van der Waals surface area contributed by atoms with Crippen LogP contribution in [0.4, 0.5) is 13.6 Å². The number of carboxylic acid groups (broad SMARTS) is 1. The number of ether oxygens (including phenoxy) is 1. The second kappa shape index (κ2) is 13.0. The van der Waals surface area contributed by atoms with Crippen LogP contribution in [0.25, 0.3) is 0 Å². The minimum absolute atomic E-state index is 0.0207. The number of carboxylic acids is 1. The number of allylic oxidation sites excluding steroid dienone is 6. The number of hydrogen-bond acceptors (Lipinski definition) is 6. The highest BCUT2D eigenvalue weighted by Crippen LogP contribution is 2.55. The van der Waals surface area contributed by atoms with Crippen LogP contribution in [0.3, 0.4) is 0 Å². The molecule has 1 aliphatic rings. The van der Waals surface area contributed by atoms with Gasteiger partial charge in [-0.05, 0) is 63.0 Å². The van der Waals surface area contributed by atoms with Crippen molar-refractivity contribution in [2.75, 3.05) is 0 Å². The molecule has 0 aliphatic heterocycles. The van der Waals surface area contributed by atoms with E-state index in [4.69, 9.17) is 15.6 Å². The predicted molar refractivity (Wildman–Crippen MR) is 140 cm³/mol. The van der Waals surface area contributed by atoms with E-state index >= 15 is 0 Å². The Morgan fingerprint density at radius 3 is 2.31 bits per heavy atom. The van der Waals surface area contributed by atoms with E-state index in [1.807, 2.05) is 38.1 Å². The highest BCUT2D eigenvalue weighted by Gasteiger charge is 2.76. The molecule has 210 valence electrons. The number of ketones is 1. The number of amides is 2. The number of carbonyl (C=O) groups is 4. The first kappa shape index (κ1) is 30.9. The standard InChI is InChI=1S/C28H33F2N3O6/c1-6-7-11-19(32-25(35)21-22(26(36)37)28(21,29)30)14-13-16(3)24(34)23(17(4)31)33-27(38)39-18(5)20-12-9-8-10-15(20)2/h7-14,18,21-22H,6,31H2,1-5H3,(H,32,35)(H,33,38)(H,36,37)/b11-7+,16-13+,19-14+,23-17+. The lowest BCUT2D eigenvalue weighted by Gasteiger charge is -2.17. The summed E-state index contributed by atoms with van der Waals surface area (Å²) in [6.45, 7) is 8.23. The van der Waals surface area contributed by atoms with E-state index in [9.17, 15) is 28.0 Å². The number of alkyl carbamates (subject to hydrolysis) is 1. The molecular weight excluding hydrogens is 512 g/mol. The van der Waals surface area contributed by atoms with Crippen LogP contribution >= 0.6 is 0 Å². The SMILES string of the molecule is CC/C=C/C(=C\C=C(/C)C(=O)/C(NC(=O)OC(C)c1ccccc1C)=C(/C)N)NC(=O)C1C(C(=O)O)C1(F)F. The summed E-state index contributed by atoms with van der Waals surface area (Å²) in [5.41, 5.74) is 7.53. The first-order chi connectivity index (χ1) is 18.2. The molecule has 2 amide bonds. The van der Waals surface area contributed by atoms with Crippen LogP contribution in [0.2, 0.25) is 0 Å². The number of alkyl halides is 2. The van der Waals surface area contributed by atoms with Crippen LogP contribution in [-0.2, 0) is 19.1 Å². The molecule has 1 fully saturated rings. The van der Waals surface area contributed by atoms with Crippen molar-refractivity contribution in [1.82, 2.24) is 10.6 Å². The van der Waals surface area contributed by atoms with E-state index in [1.165, 1.54) is 32.1 Å². The summed E-state index contributed by atoms with van der Waals surface area (Å²) in [5.74, 6) is -11.3. The number of aryl methyl sites for hydroxylation is 1. The zero-order valence-electron chi connectivity index (χ0n) is 22.4. The minimum Gasteiger partial charge on any atom is -0.481 e. The zero-order chi connectivity index (χ0) is 29.5. The van der Waals surface area contributed by atoms with E-state index in [2.05, 4.69) is 10.6 Å². The first-order valence-corrected chi connectivity index (χ1v) is 12.2. The maximum absolute atomic E-state index is 13.8. The van der Waals surface area contributed by atoms with Gasteiger partial charge in [0.25, 0.3) is 5.92 Å². The lowest BCUT2D eigenvalue weighted by Crippen LogP contribution is -2.31. The number of halogens is 2. The minimum atomic E-state index is -3.65. The van der Waals surface area contributed by atoms with Crippen molar-refractivity contribution in [3.8, 4) is 0 Å². The summed E-state index contributed by atoms with van der Waals surface area (Å²) in [4.78, 5) is 48.8. The third-order valence-corrected chi connectivity index (χ3v) is 6.03. The average molecular weight is 546 g/mol. The van der Waals surface area contributed by atoms with Crippen LogP contribution in [0.5, 0.6) is 0 Å². The number of aliphatic carboxylic acids is 1. The Labute approximate surface area is 225 Å². The summed E-state index contributed by atoms with van der Waals surface area (Å²) in [5, 5.41) is 13.6. The maximum Gasteiger partial charge on any atom is 0.412 e. The summed E-state index contributed by atoms with van der Waals surface area (Å²) in [6, 6.07) is 7.36. The van der Waals surface area contributed by atoms with Gasteiger partial charge in [-0.25, -0.2) is 13.6 Å². The van der Waals surface area contributed by atoms with Crippen LogP contribution in [0.1, 0.15) is 51.3 Å². The van der Waals surface area contributed by atoms with E-state index in [0.717, 1.165) is 11.1 Å². The van der Waals surface area contributed by atoms with Crippen molar-refractivity contribution < 1.29 is 37.8 Å². The molecule has 0 heterocycles. The van der Waals surface area contributed by atoms with Crippen molar-refractivity contribution in [1.29, 1.82) is 0 Å². The maximum atomic E-state index is 13.8. The molecule has 3 unspecified atom stereocenters. The van der Waals surface area contributed by atoms with Gasteiger partial charge in [0.1, 0.15) is 23.6 Å². The van der Waals surface area contributed by atoms with Gasteiger partial charge in [0.05, 0.1) is 0 Å². The Morgan fingerprint density at radius 1 is 1.13 bits per heavy atom. The van der Waals surface area contributed by atoms with Crippen LogP contribution in [0.15, 0.2) is 71.2 Å². The molecule has 0 aromatic heterocycles. The van der Waals surface area contributed by atoms with Gasteiger partial charge in [0.15, 0.2) is 0 Å². The van der Waals surface area contributed by atoms with Gasteiger partial charge in [0.2, 0.25) is 11.7 Å². The predicted octanol–water partition coefficient (Wildman–Crippen LogP) is 4.42. The first-order valence-electron chi connectivity index (χ1n) is 12.2. The molecule has 2 rings (SSSR count). The summed E-state index contributed by atoms with van der Waals surface area (Å²) >= 11 is 0. The van der Waals surface area contributed by atoms with Crippen LogP contribution in [-0.4, -0.2) is 34.8 Å². The third-order valence-electron chi connectivity index (χ3n) is 6.03. The summed E-state index contributed by atoms with van der Waals surface area (Å²) in [7, 11) is 0. The van der Waals surface area contributed by atoms with E-state index < -0.39 is 47.6 Å². The summed E-state index contributed by atoms with van der Waals surface area (Å²) < 4.78 is 32.9. The van der Waals surface area contributed by atoms with Gasteiger partial charge in [-0.15, -0.1) is 0 Å². The normalized spacial score (nSPS) is 20.1. The van der Waals surface area contributed by atoms with Gasteiger partial charge in [-0.3, -0.25) is 19.7 Å². The second-order valence-corrected chi connectivity index (χ2v) is 9.16. The molecule has 0 spiro atoms. The number of nitrogens with one attached hydrogen (secondary N) is 2. The van der Waals surface area contributed by atoms with Crippen molar-refractivity contribution in [2.24, 2.45) is 17.6 Å². The molecule has 0 radical (unpaired) electrons. The zero-order valence-corrected chi connectivity index (χ0v) is 22.4. The summed E-state index contributed by atoms with van der Waals surface area (Å²) in [6.07, 6.45) is 4.75. The number of Topliss-reactive ketones (excluding diaryl/α,β-unsaturated/α-hetero) is 1. The highest BCUT2D eigenvalue weighted by atomic mass is 19.3. The topological polar surface area (TPSA) is 148 Å². The highest BCUT2D eigenvalue weighted by molar-refractivity contribution is 6.09.